The van der Waals surface area contributed by atoms with Crippen molar-refractivity contribution in [3.05, 3.63) is 45.9 Å². The van der Waals surface area contributed by atoms with Crippen LogP contribution in [0.15, 0.2) is 18.6 Å². The molecule has 0 aromatic carbocycles. The lowest BCUT2D eigenvalue weighted by Gasteiger charge is -1.94. The molecule has 0 aliphatic heterocycles. The zero-order chi connectivity index (χ0) is 9.84. The minimum absolute atomic E-state index is 0.460. The molecule has 0 amide bonds. The summed E-state index contributed by atoms with van der Waals surface area (Å²) >= 11 is 0. The molecule has 68 valence electrons. The summed E-state index contributed by atoms with van der Waals surface area (Å²) in [5, 5.41) is 9.85. The number of hydrogen-bond acceptors (Lipinski definition) is 3. The van der Waals surface area contributed by atoms with Gasteiger partial charge in [-0.15, -0.1) is 0 Å². The Morgan fingerprint density at radius 3 is 2.38 bits per heavy atom. The molecule has 0 fully saturated rings. The summed E-state index contributed by atoms with van der Waals surface area (Å²) < 4.78 is 25.4. The van der Waals surface area contributed by atoms with Crippen molar-refractivity contribution < 1.29 is 13.7 Å². The van der Waals surface area contributed by atoms with Gasteiger partial charge in [-0.1, -0.05) is 0 Å². The molecule has 0 bridgehead atoms. The molecule has 1 aromatic heterocycles. The Morgan fingerprint density at radius 1 is 1.38 bits per heavy atom. The molecular formula is C7H4F2N2O2. The Bertz CT molecular complexity index is 345. The third kappa shape index (κ3) is 2.29. The van der Waals surface area contributed by atoms with Crippen LogP contribution in [0.2, 0.25) is 0 Å². The molecule has 1 aromatic rings. The summed E-state index contributed by atoms with van der Waals surface area (Å²) in [6.07, 6.45) is 2.76. The molecular weight excluding hydrogens is 182 g/mol. The van der Waals surface area contributed by atoms with Crippen LogP contribution in [0.4, 0.5) is 8.78 Å². The average molecular weight is 186 g/mol. The van der Waals surface area contributed by atoms with Gasteiger partial charge in [-0.2, -0.15) is 0 Å². The SMILES string of the molecule is O=[N+]([O-])/C=C/c1c(F)cncc1F. The molecule has 0 unspecified atom stereocenters. The van der Waals surface area contributed by atoms with E-state index in [1.165, 1.54) is 0 Å². The predicted octanol–water partition coefficient (Wildman–Crippen LogP) is 1.61. The fourth-order valence-corrected chi connectivity index (χ4v) is 0.716. The summed E-state index contributed by atoms with van der Waals surface area (Å²) in [6.45, 7) is 0. The van der Waals surface area contributed by atoms with Gasteiger partial charge in [0.1, 0.15) is 0 Å². The van der Waals surface area contributed by atoms with E-state index in [0.717, 1.165) is 18.5 Å². The third-order valence-corrected chi connectivity index (χ3v) is 1.25. The van der Waals surface area contributed by atoms with E-state index in [0.29, 0.717) is 6.20 Å². The summed E-state index contributed by atoms with van der Waals surface area (Å²) in [4.78, 5) is 12.3. The number of hydrogen-bond donors (Lipinski definition) is 0. The van der Waals surface area contributed by atoms with E-state index in [9.17, 15) is 18.9 Å². The molecule has 0 N–H and O–H groups in total. The van der Waals surface area contributed by atoms with Crippen LogP contribution in [0.5, 0.6) is 0 Å². The normalized spacial score (nSPS) is 10.6. The van der Waals surface area contributed by atoms with Crippen LogP contribution < -0.4 is 0 Å². The fourth-order valence-electron chi connectivity index (χ4n) is 0.716. The Kier molecular flexibility index (Phi) is 2.63. The largest absolute Gasteiger partial charge is 0.259 e. The van der Waals surface area contributed by atoms with Gasteiger partial charge < -0.3 is 0 Å². The summed E-state index contributed by atoms with van der Waals surface area (Å²) in [5.74, 6) is -1.86. The monoisotopic (exact) mass is 186 g/mol. The molecule has 0 atom stereocenters. The van der Waals surface area contributed by atoms with E-state index >= 15 is 0 Å². The molecule has 0 aliphatic carbocycles. The number of pyridine rings is 1. The number of aromatic nitrogens is 1. The van der Waals surface area contributed by atoms with Gasteiger partial charge in [-0.05, 0) is 0 Å². The topological polar surface area (TPSA) is 56.0 Å². The number of nitrogens with zero attached hydrogens (tertiary/aromatic N) is 2. The van der Waals surface area contributed by atoms with Crippen molar-refractivity contribution in [2.24, 2.45) is 0 Å². The second-order valence-corrected chi connectivity index (χ2v) is 2.12. The van der Waals surface area contributed by atoms with Gasteiger partial charge in [0.25, 0.3) is 0 Å². The molecule has 4 nitrogen and oxygen atoms in total. The summed E-state index contributed by atoms with van der Waals surface area (Å²) in [5.41, 5.74) is -0.466. The van der Waals surface area contributed by atoms with Gasteiger partial charge >= 0.3 is 0 Å². The fraction of sp³-hybridized carbons (Fsp3) is 0. The van der Waals surface area contributed by atoms with Gasteiger partial charge in [-0.3, -0.25) is 15.1 Å². The van der Waals surface area contributed by atoms with Crippen LogP contribution in [0.25, 0.3) is 6.08 Å². The maximum Gasteiger partial charge on any atom is 0.235 e. The molecule has 0 radical (unpaired) electrons. The second kappa shape index (κ2) is 3.70. The highest BCUT2D eigenvalue weighted by Crippen LogP contribution is 2.11. The lowest BCUT2D eigenvalue weighted by atomic mass is 10.2. The van der Waals surface area contributed by atoms with E-state index < -0.39 is 22.1 Å². The highest BCUT2D eigenvalue weighted by Gasteiger charge is 2.06. The first-order valence-electron chi connectivity index (χ1n) is 3.22. The summed E-state index contributed by atoms with van der Waals surface area (Å²) in [7, 11) is 0. The van der Waals surface area contributed by atoms with Crippen LogP contribution in [-0.4, -0.2) is 9.91 Å². The third-order valence-electron chi connectivity index (χ3n) is 1.25. The zero-order valence-electron chi connectivity index (χ0n) is 6.28. The average Bonchev–Trinajstić information content (AvgIpc) is 2.03. The molecule has 0 saturated heterocycles. The zero-order valence-corrected chi connectivity index (χ0v) is 6.28. The van der Waals surface area contributed by atoms with Crippen molar-refractivity contribution in [3.63, 3.8) is 0 Å². The van der Waals surface area contributed by atoms with Crippen LogP contribution in [0.1, 0.15) is 5.56 Å². The number of halogens is 2. The van der Waals surface area contributed by atoms with Gasteiger partial charge in [0.2, 0.25) is 6.20 Å². The van der Waals surface area contributed by atoms with Crippen LogP contribution in [-0.2, 0) is 0 Å². The Labute approximate surface area is 71.7 Å². The van der Waals surface area contributed by atoms with Gasteiger partial charge in [0.15, 0.2) is 11.6 Å². The van der Waals surface area contributed by atoms with E-state index in [2.05, 4.69) is 4.98 Å². The lowest BCUT2D eigenvalue weighted by molar-refractivity contribution is -0.401. The van der Waals surface area contributed by atoms with E-state index in [4.69, 9.17) is 0 Å². The van der Waals surface area contributed by atoms with Gasteiger partial charge in [0, 0.05) is 6.08 Å². The Hall–Kier alpha value is -1.85. The number of rotatable bonds is 2. The van der Waals surface area contributed by atoms with Crippen molar-refractivity contribution in [2.75, 3.05) is 0 Å². The molecule has 0 saturated carbocycles. The minimum atomic E-state index is -0.932. The molecule has 13 heavy (non-hydrogen) atoms. The van der Waals surface area contributed by atoms with E-state index in [-0.39, 0.29) is 0 Å². The van der Waals surface area contributed by atoms with Crippen molar-refractivity contribution in [1.29, 1.82) is 0 Å². The lowest BCUT2D eigenvalue weighted by Crippen LogP contribution is -1.91. The van der Waals surface area contributed by atoms with Gasteiger partial charge in [-0.25, -0.2) is 8.78 Å². The van der Waals surface area contributed by atoms with Crippen LogP contribution >= 0.6 is 0 Å². The van der Waals surface area contributed by atoms with E-state index in [1.807, 2.05) is 0 Å². The molecule has 0 spiro atoms. The van der Waals surface area contributed by atoms with Crippen molar-refractivity contribution in [3.8, 4) is 0 Å². The maximum absolute atomic E-state index is 12.7. The predicted molar refractivity (Wildman–Crippen MR) is 40.2 cm³/mol. The standard InChI is InChI=1S/C7H4F2N2O2/c8-6-3-10-4-7(9)5(6)1-2-11(12)13/h1-4H/b2-1+. The maximum atomic E-state index is 12.7. The first kappa shape index (κ1) is 9.24. The Morgan fingerprint density at radius 2 is 1.92 bits per heavy atom. The van der Waals surface area contributed by atoms with Crippen molar-refractivity contribution in [1.82, 2.24) is 4.98 Å². The molecule has 6 heteroatoms. The second-order valence-electron chi connectivity index (χ2n) is 2.12. The van der Waals surface area contributed by atoms with Crippen molar-refractivity contribution >= 4 is 6.08 Å². The molecule has 1 rings (SSSR count). The minimum Gasteiger partial charge on any atom is -0.259 e. The summed E-state index contributed by atoms with van der Waals surface area (Å²) in [6, 6.07) is 0. The smallest absolute Gasteiger partial charge is 0.235 e. The van der Waals surface area contributed by atoms with Gasteiger partial charge in [0.05, 0.1) is 22.9 Å². The molecule has 1 heterocycles. The first-order chi connectivity index (χ1) is 6.11. The Balaban J connectivity index is 3.06. The van der Waals surface area contributed by atoms with E-state index in [1.54, 1.807) is 0 Å². The van der Waals surface area contributed by atoms with Crippen LogP contribution in [0, 0.1) is 21.7 Å². The quantitative estimate of drug-likeness (QED) is 0.520. The number of nitro groups is 1. The highest BCUT2D eigenvalue weighted by molar-refractivity contribution is 5.48. The molecule has 0 aliphatic rings. The highest BCUT2D eigenvalue weighted by atomic mass is 19.1. The van der Waals surface area contributed by atoms with Crippen molar-refractivity contribution in [2.45, 2.75) is 0 Å². The first-order valence-corrected chi connectivity index (χ1v) is 3.22. The van der Waals surface area contributed by atoms with Crippen LogP contribution in [0.3, 0.4) is 0 Å².